The summed E-state index contributed by atoms with van der Waals surface area (Å²) in [4.78, 5) is 17.7. The quantitative estimate of drug-likeness (QED) is 0.745. The van der Waals surface area contributed by atoms with E-state index in [-0.39, 0.29) is 0 Å². The van der Waals surface area contributed by atoms with E-state index in [1.807, 2.05) is 18.2 Å². The summed E-state index contributed by atoms with van der Waals surface area (Å²) in [6.07, 6.45) is 2.50. The fraction of sp³-hybridized carbons (Fsp3) is 0.550. The predicted molar refractivity (Wildman–Crippen MR) is 101 cm³/mol. The number of carboxylic acid groups (broad SMARTS) is 1. The summed E-state index contributed by atoms with van der Waals surface area (Å²) in [5.74, 6) is -0.403. The number of carbonyl (C=O) groups is 1. The molecule has 1 aliphatic carbocycles. The molecule has 26 heavy (non-hydrogen) atoms. The number of halogens is 1. The maximum atomic E-state index is 12.1. The number of benzene rings is 1. The van der Waals surface area contributed by atoms with Crippen molar-refractivity contribution in [3.05, 3.63) is 34.5 Å². The number of H-pyrrole nitrogens is 1. The highest BCUT2D eigenvalue weighted by Crippen LogP contribution is 2.45. The van der Waals surface area contributed by atoms with Crippen molar-refractivity contribution in [1.82, 2.24) is 9.88 Å². The molecule has 1 saturated heterocycles. The number of rotatable bonds is 5. The van der Waals surface area contributed by atoms with Gasteiger partial charge in [-0.1, -0.05) is 24.4 Å². The Morgan fingerprint density at radius 2 is 2.15 bits per heavy atom. The van der Waals surface area contributed by atoms with Gasteiger partial charge in [0.05, 0.1) is 6.10 Å². The third-order valence-corrected chi connectivity index (χ3v) is 6.38. The number of hydrogen-bond acceptors (Lipinski definition) is 3. The van der Waals surface area contributed by atoms with E-state index in [2.05, 4.69) is 16.8 Å². The van der Waals surface area contributed by atoms with Crippen LogP contribution in [0.1, 0.15) is 36.9 Å². The lowest BCUT2D eigenvalue weighted by Crippen LogP contribution is -2.56. The summed E-state index contributed by atoms with van der Waals surface area (Å²) in [6.45, 7) is 3.83. The van der Waals surface area contributed by atoms with E-state index in [4.69, 9.17) is 11.6 Å². The molecule has 2 aliphatic rings. The maximum absolute atomic E-state index is 12.1. The van der Waals surface area contributed by atoms with Gasteiger partial charge in [0.2, 0.25) is 0 Å². The molecule has 5 nitrogen and oxygen atoms in total. The van der Waals surface area contributed by atoms with Gasteiger partial charge in [0, 0.05) is 41.3 Å². The molecule has 1 aromatic carbocycles. The van der Waals surface area contributed by atoms with Crippen molar-refractivity contribution >= 4 is 28.5 Å². The zero-order valence-electron chi connectivity index (χ0n) is 15.0. The fourth-order valence-corrected chi connectivity index (χ4v) is 4.54. The second-order valence-electron chi connectivity index (χ2n) is 8.04. The van der Waals surface area contributed by atoms with Crippen LogP contribution in [-0.2, 0) is 11.3 Å². The van der Waals surface area contributed by atoms with Gasteiger partial charge in [-0.05, 0) is 49.4 Å². The number of aryl methyl sites for hydroxylation is 1. The highest BCUT2D eigenvalue weighted by Gasteiger charge is 2.51. The van der Waals surface area contributed by atoms with Crippen LogP contribution in [0.25, 0.3) is 10.9 Å². The standard InChI is InChI=1S/C20H25ClN2O3/c1-12-15-8-14(21)4-5-16(15)22-17(12)10-23-7-6-18(24)20(11-23,19(25)26)9-13-2-3-13/h4-5,8,13,18,22,24H,2-3,6-7,9-11H2,1H3,(H,25,26)/t18-,20+/m0/s1. The molecule has 0 radical (unpaired) electrons. The number of piperidine rings is 1. The van der Waals surface area contributed by atoms with Crippen molar-refractivity contribution in [2.24, 2.45) is 11.3 Å². The Labute approximate surface area is 158 Å². The smallest absolute Gasteiger partial charge is 0.313 e. The SMILES string of the molecule is Cc1c(CN2CC[C@H](O)[C@](CC3CC3)(C(=O)O)C2)[nH]c2ccc(Cl)cc12. The number of likely N-dealkylation sites (tertiary alicyclic amines) is 1. The van der Waals surface area contributed by atoms with Crippen LogP contribution in [-0.4, -0.2) is 45.3 Å². The topological polar surface area (TPSA) is 76.6 Å². The first kappa shape index (κ1) is 17.8. The molecule has 0 amide bonds. The Balaban J connectivity index is 1.58. The van der Waals surface area contributed by atoms with Gasteiger partial charge in [0.15, 0.2) is 0 Å². The number of aliphatic carboxylic acids is 1. The summed E-state index contributed by atoms with van der Waals surface area (Å²) in [7, 11) is 0. The number of hydrogen-bond donors (Lipinski definition) is 3. The second-order valence-corrected chi connectivity index (χ2v) is 8.48. The molecular weight excluding hydrogens is 352 g/mol. The van der Waals surface area contributed by atoms with E-state index in [1.165, 1.54) is 0 Å². The first-order valence-corrected chi connectivity index (χ1v) is 9.67. The molecule has 6 heteroatoms. The first-order chi connectivity index (χ1) is 12.4. The van der Waals surface area contributed by atoms with Gasteiger partial charge in [-0.15, -0.1) is 0 Å². The van der Waals surface area contributed by atoms with Gasteiger partial charge in [-0.2, -0.15) is 0 Å². The fourth-order valence-electron chi connectivity index (χ4n) is 4.37. The molecule has 1 saturated carbocycles. The average molecular weight is 377 g/mol. The molecular formula is C20H25ClN2O3. The number of carboxylic acids is 1. The van der Waals surface area contributed by atoms with E-state index < -0.39 is 17.5 Å². The maximum Gasteiger partial charge on any atom is 0.313 e. The minimum Gasteiger partial charge on any atom is -0.481 e. The molecule has 2 aromatic rings. The van der Waals surface area contributed by atoms with Crippen LogP contribution in [0.3, 0.4) is 0 Å². The summed E-state index contributed by atoms with van der Waals surface area (Å²) in [5, 5.41) is 22.2. The van der Waals surface area contributed by atoms with Gasteiger partial charge >= 0.3 is 5.97 Å². The van der Waals surface area contributed by atoms with Gasteiger partial charge in [0.1, 0.15) is 5.41 Å². The Morgan fingerprint density at radius 1 is 1.38 bits per heavy atom. The van der Waals surface area contributed by atoms with E-state index in [0.717, 1.165) is 35.0 Å². The molecule has 1 aromatic heterocycles. The van der Waals surface area contributed by atoms with Gasteiger partial charge in [0.25, 0.3) is 0 Å². The Morgan fingerprint density at radius 3 is 2.85 bits per heavy atom. The lowest BCUT2D eigenvalue weighted by atomic mass is 9.73. The van der Waals surface area contributed by atoms with Crippen LogP contribution in [0, 0.1) is 18.3 Å². The van der Waals surface area contributed by atoms with Crippen molar-refractivity contribution in [2.45, 2.75) is 45.3 Å². The van der Waals surface area contributed by atoms with E-state index in [9.17, 15) is 15.0 Å². The Kier molecular flexibility index (Phi) is 4.49. The van der Waals surface area contributed by atoms with E-state index in [1.54, 1.807) is 0 Å². The normalized spacial score (nSPS) is 27.1. The molecule has 1 aliphatic heterocycles. The third kappa shape index (κ3) is 3.13. The minimum atomic E-state index is -1.04. The number of aromatic nitrogens is 1. The van der Waals surface area contributed by atoms with Crippen molar-refractivity contribution in [1.29, 1.82) is 0 Å². The molecule has 2 atom stereocenters. The second kappa shape index (κ2) is 6.55. The number of nitrogens with zero attached hydrogens (tertiary/aromatic N) is 1. The minimum absolute atomic E-state index is 0.398. The van der Waals surface area contributed by atoms with Crippen molar-refractivity contribution in [3.63, 3.8) is 0 Å². The lowest BCUT2D eigenvalue weighted by molar-refractivity contribution is -0.165. The number of aliphatic hydroxyl groups excluding tert-OH is 1. The third-order valence-electron chi connectivity index (χ3n) is 6.14. The van der Waals surface area contributed by atoms with Crippen molar-refractivity contribution < 1.29 is 15.0 Å². The van der Waals surface area contributed by atoms with Crippen LogP contribution in [0.2, 0.25) is 5.02 Å². The zero-order chi connectivity index (χ0) is 18.5. The lowest BCUT2D eigenvalue weighted by Gasteiger charge is -2.43. The van der Waals surface area contributed by atoms with Crippen molar-refractivity contribution in [2.75, 3.05) is 13.1 Å². The van der Waals surface area contributed by atoms with Crippen LogP contribution in [0.5, 0.6) is 0 Å². The van der Waals surface area contributed by atoms with E-state index >= 15 is 0 Å². The molecule has 4 rings (SSSR count). The molecule has 3 N–H and O–H groups in total. The molecule has 2 fully saturated rings. The molecule has 0 spiro atoms. The van der Waals surface area contributed by atoms with Gasteiger partial charge in [-0.3, -0.25) is 9.69 Å². The summed E-state index contributed by atoms with van der Waals surface area (Å²) in [6, 6.07) is 5.80. The van der Waals surface area contributed by atoms with Crippen LogP contribution >= 0.6 is 11.6 Å². The van der Waals surface area contributed by atoms with Crippen molar-refractivity contribution in [3.8, 4) is 0 Å². The average Bonchev–Trinajstić information content (AvgIpc) is 3.36. The Hall–Kier alpha value is -1.56. The molecule has 0 bridgehead atoms. The highest BCUT2D eigenvalue weighted by atomic mass is 35.5. The summed E-state index contributed by atoms with van der Waals surface area (Å²) < 4.78 is 0. The van der Waals surface area contributed by atoms with Gasteiger partial charge in [-0.25, -0.2) is 0 Å². The van der Waals surface area contributed by atoms with Crippen LogP contribution in [0.15, 0.2) is 18.2 Å². The highest BCUT2D eigenvalue weighted by molar-refractivity contribution is 6.31. The largest absolute Gasteiger partial charge is 0.481 e. The molecule has 2 heterocycles. The monoisotopic (exact) mass is 376 g/mol. The number of aliphatic hydroxyl groups is 1. The molecule has 140 valence electrons. The zero-order valence-corrected chi connectivity index (χ0v) is 15.7. The first-order valence-electron chi connectivity index (χ1n) is 9.29. The summed E-state index contributed by atoms with van der Waals surface area (Å²) in [5.41, 5.74) is 2.24. The van der Waals surface area contributed by atoms with Crippen LogP contribution < -0.4 is 0 Å². The number of fused-ring (bicyclic) bond motifs is 1. The predicted octanol–water partition coefficient (Wildman–Crippen LogP) is 3.57. The number of nitrogens with one attached hydrogen (secondary N) is 1. The Bertz CT molecular complexity index is 845. The van der Waals surface area contributed by atoms with E-state index in [0.29, 0.717) is 43.4 Å². The molecule has 0 unspecified atom stereocenters. The summed E-state index contributed by atoms with van der Waals surface area (Å²) >= 11 is 6.12. The van der Waals surface area contributed by atoms with Crippen LogP contribution in [0.4, 0.5) is 0 Å². The number of aromatic amines is 1. The van der Waals surface area contributed by atoms with Gasteiger partial charge < -0.3 is 15.2 Å².